The molecule has 1 heterocycles. The van der Waals surface area contributed by atoms with E-state index in [0.717, 1.165) is 21.5 Å². The number of hydrogen-bond acceptors (Lipinski definition) is 3. The van der Waals surface area contributed by atoms with Gasteiger partial charge in [-0.1, -0.05) is 19.9 Å². The molecular formula is C11H11NOS. The first-order valence-electron chi connectivity index (χ1n) is 4.56. The first-order chi connectivity index (χ1) is 6.70. The van der Waals surface area contributed by atoms with E-state index in [9.17, 15) is 4.79 Å². The van der Waals surface area contributed by atoms with Crippen molar-refractivity contribution in [1.29, 1.82) is 0 Å². The molecule has 0 bridgehead atoms. The summed E-state index contributed by atoms with van der Waals surface area (Å²) in [6.07, 6.45) is 0.855. The number of hydrogen-bond donors (Lipinski definition) is 0. The van der Waals surface area contributed by atoms with Crippen LogP contribution >= 0.6 is 11.3 Å². The predicted molar refractivity (Wildman–Crippen MR) is 59.1 cm³/mol. The normalized spacial score (nSPS) is 11.1. The minimum atomic E-state index is 0.451. The van der Waals surface area contributed by atoms with Gasteiger partial charge in [0, 0.05) is 11.5 Å². The number of fused-ring (bicyclic) bond motifs is 1. The van der Waals surface area contributed by atoms with Crippen LogP contribution in [0.2, 0.25) is 0 Å². The predicted octanol–water partition coefficient (Wildman–Crippen LogP) is 3.23. The Balaban J connectivity index is 2.59. The lowest BCUT2D eigenvalue weighted by molar-refractivity contribution is 0.112. The number of carbonyl (C=O) groups is 1. The Morgan fingerprint density at radius 2 is 2.21 bits per heavy atom. The summed E-state index contributed by atoms with van der Waals surface area (Å²) in [5.41, 5.74) is 1.63. The highest BCUT2D eigenvalue weighted by Crippen LogP contribution is 2.27. The minimum Gasteiger partial charge on any atom is -0.298 e. The van der Waals surface area contributed by atoms with Crippen molar-refractivity contribution < 1.29 is 4.79 Å². The van der Waals surface area contributed by atoms with Gasteiger partial charge in [-0.05, 0) is 12.1 Å². The van der Waals surface area contributed by atoms with Crippen molar-refractivity contribution in [3.63, 3.8) is 0 Å². The van der Waals surface area contributed by atoms with Gasteiger partial charge in [0.1, 0.15) is 6.29 Å². The monoisotopic (exact) mass is 205 g/mol. The van der Waals surface area contributed by atoms with Gasteiger partial charge in [0.25, 0.3) is 0 Å². The second kappa shape index (κ2) is 3.50. The Labute approximate surface area is 86.6 Å². The van der Waals surface area contributed by atoms with Crippen molar-refractivity contribution in [2.24, 2.45) is 0 Å². The van der Waals surface area contributed by atoms with Gasteiger partial charge < -0.3 is 0 Å². The van der Waals surface area contributed by atoms with Crippen LogP contribution in [0.5, 0.6) is 0 Å². The highest BCUT2D eigenvalue weighted by Gasteiger charge is 2.07. The third kappa shape index (κ3) is 1.55. The second-order valence-electron chi connectivity index (χ2n) is 3.55. The number of aromatic nitrogens is 1. The molecule has 0 saturated carbocycles. The van der Waals surface area contributed by atoms with Crippen LogP contribution in [-0.2, 0) is 0 Å². The summed E-state index contributed by atoms with van der Waals surface area (Å²) in [6, 6.07) is 5.63. The molecule has 0 radical (unpaired) electrons. The molecule has 0 atom stereocenters. The third-order valence-corrected chi connectivity index (χ3v) is 3.40. The minimum absolute atomic E-state index is 0.451. The van der Waals surface area contributed by atoms with E-state index in [0.29, 0.717) is 11.5 Å². The van der Waals surface area contributed by atoms with Gasteiger partial charge in [-0.15, -0.1) is 11.3 Å². The second-order valence-corrected chi connectivity index (χ2v) is 4.61. The molecule has 1 aromatic heterocycles. The van der Waals surface area contributed by atoms with Crippen molar-refractivity contribution >= 4 is 27.8 Å². The van der Waals surface area contributed by atoms with Gasteiger partial charge in [0.15, 0.2) is 0 Å². The summed E-state index contributed by atoms with van der Waals surface area (Å²) in [5.74, 6) is 0.451. The smallest absolute Gasteiger partial charge is 0.150 e. The number of aldehydes is 1. The standard InChI is InChI=1S/C11H11NOS/c1-7(2)11-12-9-5-8(6-13)3-4-10(9)14-11/h3-7H,1-2H3. The zero-order valence-corrected chi connectivity index (χ0v) is 8.97. The fraction of sp³-hybridized carbons (Fsp3) is 0.273. The highest BCUT2D eigenvalue weighted by atomic mass is 32.1. The fourth-order valence-corrected chi connectivity index (χ4v) is 2.23. The fourth-order valence-electron chi connectivity index (χ4n) is 1.28. The molecule has 0 spiro atoms. The summed E-state index contributed by atoms with van der Waals surface area (Å²) in [5, 5.41) is 1.13. The van der Waals surface area contributed by atoms with Crippen molar-refractivity contribution in [2.75, 3.05) is 0 Å². The largest absolute Gasteiger partial charge is 0.298 e. The third-order valence-electron chi connectivity index (χ3n) is 2.06. The van der Waals surface area contributed by atoms with E-state index < -0.39 is 0 Å². The Bertz CT molecular complexity index is 473. The van der Waals surface area contributed by atoms with Crippen LogP contribution < -0.4 is 0 Å². The maximum atomic E-state index is 10.6. The van der Waals surface area contributed by atoms with E-state index in [4.69, 9.17) is 0 Å². The van der Waals surface area contributed by atoms with E-state index in [2.05, 4.69) is 18.8 Å². The lowest BCUT2D eigenvalue weighted by Crippen LogP contribution is -1.83. The maximum Gasteiger partial charge on any atom is 0.150 e. The summed E-state index contributed by atoms with van der Waals surface area (Å²) in [4.78, 5) is 15.0. The summed E-state index contributed by atoms with van der Waals surface area (Å²) in [7, 11) is 0. The average molecular weight is 205 g/mol. The number of carbonyl (C=O) groups excluding carboxylic acids is 1. The van der Waals surface area contributed by atoms with Crippen molar-refractivity contribution in [1.82, 2.24) is 4.98 Å². The maximum absolute atomic E-state index is 10.6. The summed E-state index contributed by atoms with van der Waals surface area (Å²) in [6.45, 7) is 4.25. The average Bonchev–Trinajstić information content (AvgIpc) is 2.59. The molecule has 2 rings (SSSR count). The van der Waals surface area contributed by atoms with Crippen molar-refractivity contribution in [2.45, 2.75) is 19.8 Å². The first kappa shape index (κ1) is 9.34. The zero-order valence-electron chi connectivity index (χ0n) is 8.15. The molecule has 1 aromatic carbocycles. The van der Waals surface area contributed by atoms with E-state index in [1.807, 2.05) is 18.2 Å². The number of rotatable bonds is 2. The van der Waals surface area contributed by atoms with Gasteiger partial charge in [0.2, 0.25) is 0 Å². The highest BCUT2D eigenvalue weighted by molar-refractivity contribution is 7.18. The SMILES string of the molecule is CC(C)c1nc2cc(C=O)ccc2s1. The van der Waals surface area contributed by atoms with E-state index in [1.54, 1.807) is 11.3 Å². The molecule has 0 fully saturated rings. The van der Waals surface area contributed by atoms with Gasteiger partial charge in [-0.3, -0.25) is 4.79 Å². The lowest BCUT2D eigenvalue weighted by atomic mass is 10.2. The molecule has 3 heteroatoms. The first-order valence-corrected chi connectivity index (χ1v) is 5.38. The Hall–Kier alpha value is -1.22. The Morgan fingerprint density at radius 1 is 1.43 bits per heavy atom. The van der Waals surface area contributed by atoms with Crippen LogP contribution in [0.3, 0.4) is 0 Å². The van der Waals surface area contributed by atoms with Gasteiger partial charge in [0.05, 0.1) is 15.2 Å². The van der Waals surface area contributed by atoms with E-state index in [-0.39, 0.29) is 0 Å². The van der Waals surface area contributed by atoms with Crippen LogP contribution in [0.1, 0.15) is 35.1 Å². The van der Waals surface area contributed by atoms with Crippen molar-refractivity contribution in [3.8, 4) is 0 Å². The quantitative estimate of drug-likeness (QED) is 0.704. The van der Waals surface area contributed by atoms with Gasteiger partial charge in [-0.2, -0.15) is 0 Å². The van der Waals surface area contributed by atoms with Crippen LogP contribution in [0, 0.1) is 0 Å². The molecule has 0 unspecified atom stereocenters. The topological polar surface area (TPSA) is 30.0 Å². The number of benzene rings is 1. The molecule has 2 aromatic rings. The molecule has 72 valence electrons. The van der Waals surface area contributed by atoms with Gasteiger partial charge >= 0.3 is 0 Å². The van der Waals surface area contributed by atoms with Gasteiger partial charge in [-0.25, -0.2) is 4.98 Å². The molecule has 0 N–H and O–H groups in total. The molecule has 0 aliphatic carbocycles. The summed E-state index contributed by atoms with van der Waals surface area (Å²) < 4.78 is 1.15. The van der Waals surface area contributed by atoms with Crippen LogP contribution in [0.15, 0.2) is 18.2 Å². The Kier molecular flexibility index (Phi) is 2.33. The van der Waals surface area contributed by atoms with Crippen molar-refractivity contribution in [3.05, 3.63) is 28.8 Å². The number of thiazole rings is 1. The van der Waals surface area contributed by atoms with Crippen LogP contribution in [0.25, 0.3) is 10.2 Å². The molecule has 0 saturated heterocycles. The zero-order chi connectivity index (χ0) is 10.1. The lowest BCUT2D eigenvalue weighted by Gasteiger charge is -1.94. The molecule has 0 aliphatic rings. The molecule has 0 amide bonds. The van der Waals surface area contributed by atoms with E-state index in [1.165, 1.54) is 0 Å². The Morgan fingerprint density at radius 3 is 2.86 bits per heavy atom. The molecule has 0 aliphatic heterocycles. The molecular weight excluding hydrogens is 194 g/mol. The molecule has 14 heavy (non-hydrogen) atoms. The van der Waals surface area contributed by atoms with Crippen LogP contribution in [-0.4, -0.2) is 11.3 Å². The van der Waals surface area contributed by atoms with Crippen LogP contribution in [0.4, 0.5) is 0 Å². The summed E-state index contributed by atoms with van der Waals surface area (Å²) >= 11 is 1.70. The number of nitrogens with zero attached hydrogens (tertiary/aromatic N) is 1. The van der Waals surface area contributed by atoms with E-state index >= 15 is 0 Å². The molecule has 2 nitrogen and oxygen atoms in total.